The zero-order valence-electron chi connectivity index (χ0n) is 24.1. The van der Waals surface area contributed by atoms with Crippen LogP contribution in [-0.2, 0) is 22.5 Å². The molecule has 0 unspecified atom stereocenters. The first-order valence-electron chi connectivity index (χ1n) is 14.4. The van der Waals surface area contributed by atoms with Crippen LogP contribution in [-0.4, -0.2) is 49.3 Å². The number of hydrazine groups is 1. The fourth-order valence-corrected chi connectivity index (χ4v) is 5.08. The molecule has 2 atom stereocenters. The molecule has 3 aromatic rings. The van der Waals surface area contributed by atoms with Crippen LogP contribution in [0, 0.1) is 5.92 Å². The number of aliphatic imine (C=N–C) groups is 1. The molecule has 224 valence electrons. The van der Waals surface area contributed by atoms with Gasteiger partial charge in [-0.1, -0.05) is 41.5 Å². The summed E-state index contributed by atoms with van der Waals surface area (Å²) in [5.41, 5.74) is 16.6. The van der Waals surface area contributed by atoms with Crippen molar-refractivity contribution in [3.05, 3.63) is 105 Å². The smallest absolute Gasteiger partial charge is 0.266 e. The van der Waals surface area contributed by atoms with Crippen molar-refractivity contribution in [3.8, 4) is 11.5 Å². The summed E-state index contributed by atoms with van der Waals surface area (Å²) >= 11 is 0. The summed E-state index contributed by atoms with van der Waals surface area (Å²) in [5, 5.41) is 12.8. The lowest BCUT2D eigenvalue weighted by Gasteiger charge is -2.31. The van der Waals surface area contributed by atoms with Crippen LogP contribution in [0.1, 0.15) is 47.6 Å². The fourth-order valence-electron chi connectivity index (χ4n) is 5.08. The summed E-state index contributed by atoms with van der Waals surface area (Å²) in [6.07, 6.45) is 2.20. The van der Waals surface area contributed by atoms with Gasteiger partial charge in [-0.3, -0.25) is 10.2 Å². The highest BCUT2D eigenvalue weighted by Gasteiger charge is 2.53. The van der Waals surface area contributed by atoms with Gasteiger partial charge in [-0.2, -0.15) is 0 Å². The molecular weight excluding hydrogens is 548 g/mol. The molecule has 0 radical (unpaired) electrons. The van der Waals surface area contributed by atoms with E-state index >= 15 is 0 Å². The number of methoxy groups -OCH3 is 1. The number of hydrogen-bond donors (Lipinski definition) is 3. The molecule has 1 aliphatic heterocycles. The second kappa shape index (κ2) is 14.1. The third-order valence-electron chi connectivity index (χ3n) is 7.60. The van der Waals surface area contributed by atoms with E-state index < -0.39 is 11.6 Å². The van der Waals surface area contributed by atoms with Crippen LogP contribution >= 0.6 is 0 Å². The van der Waals surface area contributed by atoms with Crippen molar-refractivity contribution >= 4 is 11.8 Å². The fraction of sp³-hybridized carbons (Fsp3) is 0.375. The third-order valence-corrected chi connectivity index (χ3v) is 7.60. The molecule has 1 aliphatic carbocycles. The van der Waals surface area contributed by atoms with Gasteiger partial charge in [-0.15, -0.1) is 0 Å². The lowest BCUT2D eigenvalue weighted by molar-refractivity contribution is -0.130. The van der Waals surface area contributed by atoms with Crippen molar-refractivity contribution in [2.24, 2.45) is 16.0 Å². The van der Waals surface area contributed by atoms with E-state index in [0.717, 1.165) is 29.5 Å². The van der Waals surface area contributed by atoms with E-state index in [9.17, 15) is 4.79 Å². The third kappa shape index (κ3) is 7.26. The number of rotatable bonds is 15. The van der Waals surface area contributed by atoms with Crippen molar-refractivity contribution < 1.29 is 24.1 Å². The Labute approximate surface area is 250 Å². The predicted molar refractivity (Wildman–Crippen MR) is 162 cm³/mol. The maximum absolute atomic E-state index is 14.3. The number of azide groups is 1. The van der Waals surface area contributed by atoms with Crippen LogP contribution in [0.2, 0.25) is 0 Å². The summed E-state index contributed by atoms with van der Waals surface area (Å²) in [6.45, 7) is 1.27. The van der Waals surface area contributed by atoms with Gasteiger partial charge >= 0.3 is 0 Å². The van der Waals surface area contributed by atoms with Crippen molar-refractivity contribution in [3.63, 3.8) is 0 Å². The van der Waals surface area contributed by atoms with E-state index in [1.54, 1.807) is 7.11 Å². The number of carbonyl (C=O) groups excluding carboxylic acids is 1. The van der Waals surface area contributed by atoms with Crippen LogP contribution in [0.5, 0.6) is 11.5 Å². The molecule has 3 aromatic carbocycles. The number of ether oxygens (including phenoxy) is 3. The zero-order chi connectivity index (χ0) is 30.1. The second-order valence-electron chi connectivity index (χ2n) is 10.7. The van der Waals surface area contributed by atoms with Gasteiger partial charge in [0.05, 0.1) is 20.3 Å². The van der Waals surface area contributed by atoms with Gasteiger partial charge in [0.25, 0.3) is 5.91 Å². The highest BCUT2D eigenvalue weighted by molar-refractivity contribution is 6.01. The SMILES string of the molecule is COc1cccc([C@@H]2OC(c3ccc(OCCCO)cc3)=N[C@]2(Cc2ccccc2CN=[N+]=[N-])C(=O)NNCC2CC2)c1. The zero-order valence-corrected chi connectivity index (χ0v) is 24.1. The summed E-state index contributed by atoms with van der Waals surface area (Å²) < 4.78 is 17.8. The topological polar surface area (TPSA) is 150 Å². The van der Waals surface area contributed by atoms with Crippen LogP contribution < -0.4 is 20.3 Å². The number of hydrogen-bond acceptors (Lipinski definition) is 8. The first kappa shape index (κ1) is 29.9. The molecule has 0 saturated heterocycles. The van der Waals surface area contributed by atoms with Gasteiger partial charge in [0.2, 0.25) is 5.90 Å². The first-order chi connectivity index (χ1) is 21.1. The molecule has 1 saturated carbocycles. The molecule has 1 fully saturated rings. The Morgan fingerprint density at radius 1 is 1.12 bits per heavy atom. The van der Waals surface area contributed by atoms with Crippen LogP contribution in [0.15, 0.2) is 82.9 Å². The molecule has 11 heteroatoms. The minimum atomic E-state index is -1.42. The minimum Gasteiger partial charge on any atom is -0.497 e. The Kier molecular flexibility index (Phi) is 9.78. The van der Waals surface area contributed by atoms with E-state index in [2.05, 4.69) is 20.9 Å². The second-order valence-corrected chi connectivity index (χ2v) is 10.7. The Morgan fingerprint density at radius 2 is 1.91 bits per heavy atom. The standard InChI is InChI=1S/C32H36N6O5/c1-41-28-9-4-8-24(18-28)29-32(31(40)37-34-20-22-10-11-22,19-25-6-2-3-7-26(25)21-35-38-33)36-30(43-29)23-12-14-27(15-13-23)42-17-5-16-39/h2-4,6-9,12-15,18,22,29,34,39H,5,10-11,16-17,19-21H2,1H3,(H,37,40)/t29-,32-/m0/s1. The Morgan fingerprint density at radius 3 is 2.63 bits per heavy atom. The minimum absolute atomic E-state index is 0.0556. The van der Waals surface area contributed by atoms with Crippen LogP contribution in [0.4, 0.5) is 0 Å². The average Bonchev–Trinajstić information content (AvgIpc) is 3.79. The number of nitrogens with one attached hydrogen (secondary N) is 2. The molecule has 5 rings (SSSR count). The van der Waals surface area contributed by atoms with Crippen molar-refractivity contribution in [1.82, 2.24) is 10.9 Å². The maximum atomic E-state index is 14.3. The van der Waals surface area contributed by atoms with Gasteiger partial charge in [-0.25, -0.2) is 10.4 Å². The molecule has 43 heavy (non-hydrogen) atoms. The summed E-state index contributed by atoms with van der Waals surface area (Å²) in [4.78, 5) is 22.3. The lowest BCUT2D eigenvalue weighted by Crippen LogP contribution is -2.54. The number of benzene rings is 3. The van der Waals surface area contributed by atoms with Crippen molar-refractivity contribution in [1.29, 1.82) is 0 Å². The van der Waals surface area contributed by atoms with E-state index in [1.165, 1.54) is 0 Å². The largest absolute Gasteiger partial charge is 0.497 e. The van der Waals surface area contributed by atoms with Crippen LogP contribution in [0.25, 0.3) is 10.4 Å². The molecule has 0 aromatic heterocycles. The Hall–Kier alpha value is -4.57. The quantitative estimate of drug-likeness (QED) is 0.0768. The summed E-state index contributed by atoms with van der Waals surface area (Å²) in [7, 11) is 1.59. The summed E-state index contributed by atoms with van der Waals surface area (Å²) in [5.74, 6) is 1.81. The van der Waals surface area contributed by atoms with E-state index in [4.69, 9.17) is 29.8 Å². The lowest BCUT2D eigenvalue weighted by atomic mass is 9.81. The number of aliphatic hydroxyl groups excluding tert-OH is 1. The predicted octanol–water partition coefficient (Wildman–Crippen LogP) is 4.80. The van der Waals surface area contributed by atoms with Gasteiger partial charge in [-0.05, 0) is 77.4 Å². The maximum Gasteiger partial charge on any atom is 0.266 e. The van der Waals surface area contributed by atoms with Gasteiger partial charge in [0.1, 0.15) is 11.5 Å². The molecule has 0 spiro atoms. The molecule has 3 N–H and O–H groups in total. The summed E-state index contributed by atoms with van der Waals surface area (Å²) in [6, 6.07) is 22.3. The van der Waals surface area contributed by atoms with E-state index in [-0.39, 0.29) is 25.5 Å². The molecule has 0 bridgehead atoms. The average molecular weight is 585 g/mol. The molecule has 1 heterocycles. The molecular formula is C32H36N6O5. The van der Waals surface area contributed by atoms with E-state index in [1.807, 2.05) is 72.8 Å². The number of carbonyl (C=O) groups is 1. The molecule has 2 aliphatic rings. The number of nitrogens with zero attached hydrogens (tertiary/aromatic N) is 4. The number of amides is 1. The molecule has 11 nitrogen and oxygen atoms in total. The van der Waals surface area contributed by atoms with Crippen LogP contribution in [0.3, 0.4) is 0 Å². The Bertz CT molecular complexity index is 1490. The van der Waals surface area contributed by atoms with Crippen molar-refractivity contribution in [2.45, 2.75) is 43.9 Å². The van der Waals surface area contributed by atoms with Gasteiger partial charge < -0.3 is 19.3 Å². The van der Waals surface area contributed by atoms with Crippen molar-refractivity contribution in [2.75, 3.05) is 26.9 Å². The monoisotopic (exact) mass is 584 g/mol. The highest BCUT2D eigenvalue weighted by atomic mass is 16.5. The van der Waals surface area contributed by atoms with E-state index in [0.29, 0.717) is 48.5 Å². The molecule has 1 amide bonds. The van der Waals surface area contributed by atoms with Gasteiger partial charge in [0.15, 0.2) is 11.6 Å². The Balaban J connectivity index is 1.57. The van der Waals surface area contributed by atoms with Gasteiger partial charge in [0, 0.05) is 36.5 Å². The highest BCUT2D eigenvalue weighted by Crippen LogP contribution is 2.43. The first-order valence-corrected chi connectivity index (χ1v) is 14.4. The normalized spacial score (nSPS) is 19.1. The number of aliphatic hydroxyl groups is 1.